The summed E-state index contributed by atoms with van der Waals surface area (Å²) in [6, 6.07) is 7.07. The van der Waals surface area contributed by atoms with E-state index in [2.05, 4.69) is 10.6 Å². The highest BCUT2D eigenvalue weighted by Gasteiger charge is 2.17. The molecule has 0 radical (unpaired) electrons. The molecule has 1 aliphatic rings. The molecule has 0 spiro atoms. The quantitative estimate of drug-likeness (QED) is 0.730. The molecule has 1 fully saturated rings. The Morgan fingerprint density at radius 1 is 1.39 bits per heavy atom. The Hall–Kier alpha value is -1.04. The van der Waals surface area contributed by atoms with Gasteiger partial charge in [-0.1, -0.05) is 12.1 Å². The van der Waals surface area contributed by atoms with Crippen molar-refractivity contribution >= 4 is 36.4 Å². The van der Waals surface area contributed by atoms with Crippen LogP contribution in [0.3, 0.4) is 0 Å². The lowest BCUT2D eigenvalue weighted by atomic mass is 10.1. The lowest BCUT2D eigenvalue weighted by Gasteiger charge is -2.20. The van der Waals surface area contributed by atoms with Crippen molar-refractivity contribution in [3.8, 4) is 0 Å². The number of rotatable bonds is 7. The zero-order chi connectivity index (χ0) is 15.1. The van der Waals surface area contributed by atoms with Crippen LogP contribution in [0.5, 0.6) is 0 Å². The van der Waals surface area contributed by atoms with E-state index >= 15 is 0 Å². The fourth-order valence-electron chi connectivity index (χ4n) is 2.65. The van der Waals surface area contributed by atoms with Gasteiger partial charge in [0, 0.05) is 32.6 Å². The highest BCUT2D eigenvalue weighted by Crippen LogP contribution is 2.16. The number of hydrogen-bond acceptors (Lipinski definition) is 3. The first-order valence-corrected chi connectivity index (χ1v) is 7.62. The average molecular weight is 366 g/mol. The van der Waals surface area contributed by atoms with Crippen molar-refractivity contribution in [3.63, 3.8) is 0 Å². The van der Waals surface area contributed by atoms with E-state index in [0.29, 0.717) is 31.2 Å². The molecule has 1 atom stereocenters. The van der Waals surface area contributed by atoms with E-state index < -0.39 is 0 Å². The molecule has 1 saturated heterocycles. The van der Waals surface area contributed by atoms with Crippen molar-refractivity contribution in [1.82, 2.24) is 10.6 Å². The third kappa shape index (κ3) is 7.38. The van der Waals surface area contributed by atoms with E-state index in [1.165, 1.54) is 6.07 Å². The molecule has 0 saturated carbocycles. The number of anilines is 1. The fraction of sp³-hybridized carbons (Fsp3) is 0.562. The van der Waals surface area contributed by atoms with Crippen LogP contribution in [-0.2, 0) is 4.79 Å². The number of para-hydroxylation sites is 1. The highest BCUT2D eigenvalue weighted by molar-refractivity contribution is 5.85. The van der Waals surface area contributed by atoms with Gasteiger partial charge in [-0.05, 0) is 37.9 Å². The van der Waals surface area contributed by atoms with Crippen LogP contribution in [-0.4, -0.2) is 38.6 Å². The van der Waals surface area contributed by atoms with E-state index in [1.807, 2.05) is 18.0 Å². The Morgan fingerprint density at radius 2 is 2.13 bits per heavy atom. The summed E-state index contributed by atoms with van der Waals surface area (Å²) in [5.41, 5.74) is 0.596. The second kappa shape index (κ2) is 11.5. The molecule has 132 valence electrons. The molecule has 4 nitrogen and oxygen atoms in total. The lowest BCUT2D eigenvalue weighted by molar-refractivity contribution is -0.121. The average Bonchev–Trinajstić information content (AvgIpc) is 2.96. The third-order valence-corrected chi connectivity index (χ3v) is 3.85. The van der Waals surface area contributed by atoms with E-state index in [4.69, 9.17) is 0 Å². The van der Waals surface area contributed by atoms with Gasteiger partial charge in [-0.2, -0.15) is 0 Å². The van der Waals surface area contributed by atoms with Crippen LogP contribution in [0.15, 0.2) is 24.3 Å². The molecule has 1 aromatic carbocycles. The maximum atomic E-state index is 13.6. The van der Waals surface area contributed by atoms with Crippen LogP contribution in [0.4, 0.5) is 10.1 Å². The summed E-state index contributed by atoms with van der Waals surface area (Å²) in [6.45, 7) is 2.36. The van der Waals surface area contributed by atoms with Crippen LogP contribution in [0.1, 0.15) is 25.7 Å². The molecule has 0 aliphatic carbocycles. The van der Waals surface area contributed by atoms with Crippen molar-refractivity contribution < 1.29 is 9.18 Å². The molecule has 0 bridgehead atoms. The summed E-state index contributed by atoms with van der Waals surface area (Å²) in [7, 11) is 1.86. The largest absolute Gasteiger partial charge is 0.372 e. The number of hydrogen-bond donors (Lipinski definition) is 2. The number of benzene rings is 1. The zero-order valence-corrected chi connectivity index (χ0v) is 15.0. The van der Waals surface area contributed by atoms with Gasteiger partial charge < -0.3 is 15.5 Å². The van der Waals surface area contributed by atoms with Crippen molar-refractivity contribution in [3.05, 3.63) is 30.1 Å². The number of nitrogens with one attached hydrogen (secondary N) is 2. The minimum Gasteiger partial charge on any atom is -0.372 e. The van der Waals surface area contributed by atoms with E-state index in [-0.39, 0.29) is 36.5 Å². The Bertz CT molecular complexity index is 470. The van der Waals surface area contributed by atoms with Gasteiger partial charge >= 0.3 is 0 Å². The Morgan fingerprint density at radius 3 is 2.78 bits per heavy atom. The molecule has 2 N–H and O–H groups in total. The van der Waals surface area contributed by atoms with Gasteiger partial charge in [-0.15, -0.1) is 24.8 Å². The smallest absolute Gasteiger partial charge is 0.221 e. The van der Waals surface area contributed by atoms with Crippen LogP contribution < -0.4 is 15.5 Å². The van der Waals surface area contributed by atoms with Crippen molar-refractivity contribution in [2.24, 2.45) is 0 Å². The van der Waals surface area contributed by atoms with Gasteiger partial charge in [0.2, 0.25) is 5.91 Å². The number of halogens is 3. The lowest BCUT2D eigenvalue weighted by Crippen LogP contribution is -2.33. The monoisotopic (exact) mass is 365 g/mol. The predicted molar refractivity (Wildman–Crippen MR) is 97.4 cm³/mol. The van der Waals surface area contributed by atoms with Crippen LogP contribution >= 0.6 is 24.8 Å². The van der Waals surface area contributed by atoms with Crippen molar-refractivity contribution in [2.45, 2.75) is 31.7 Å². The third-order valence-electron chi connectivity index (χ3n) is 3.85. The summed E-state index contributed by atoms with van der Waals surface area (Å²) >= 11 is 0. The van der Waals surface area contributed by atoms with Gasteiger partial charge in [0.15, 0.2) is 0 Å². The summed E-state index contributed by atoms with van der Waals surface area (Å²) in [5.74, 6) is -0.112. The summed E-state index contributed by atoms with van der Waals surface area (Å²) in [6.07, 6.45) is 3.60. The molecular weight excluding hydrogens is 340 g/mol. The SMILES string of the molecule is CN(CCCNC(=O)CC1CCCN1)c1ccccc1F.Cl.Cl. The first-order valence-electron chi connectivity index (χ1n) is 7.62. The fourth-order valence-corrected chi connectivity index (χ4v) is 2.65. The summed E-state index contributed by atoms with van der Waals surface area (Å²) in [5, 5.41) is 6.24. The van der Waals surface area contributed by atoms with Crippen LogP contribution in [0.2, 0.25) is 0 Å². The maximum Gasteiger partial charge on any atom is 0.221 e. The second-order valence-electron chi connectivity index (χ2n) is 5.57. The molecule has 1 heterocycles. The van der Waals surface area contributed by atoms with Gasteiger partial charge in [0.25, 0.3) is 0 Å². The predicted octanol–water partition coefficient (Wildman–Crippen LogP) is 2.75. The van der Waals surface area contributed by atoms with Gasteiger partial charge in [0.05, 0.1) is 5.69 Å². The van der Waals surface area contributed by atoms with Gasteiger partial charge in [-0.3, -0.25) is 4.79 Å². The minimum atomic E-state index is -0.212. The molecule has 23 heavy (non-hydrogen) atoms. The molecule has 1 aromatic rings. The second-order valence-corrected chi connectivity index (χ2v) is 5.57. The normalized spacial score (nSPS) is 16.2. The minimum absolute atomic E-state index is 0. The first kappa shape index (κ1) is 22.0. The molecule has 0 aromatic heterocycles. The number of amides is 1. The van der Waals surface area contributed by atoms with Gasteiger partial charge in [0.1, 0.15) is 5.82 Å². The van der Waals surface area contributed by atoms with E-state index in [0.717, 1.165) is 25.8 Å². The van der Waals surface area contributed by atoms with Crippen LogP contribution in [0.25, 0.3) is 0 Å². The molecule has 7 heteroatoms. The zero-order valence-electron chi connectivity index (χ0n) is 13.4. The maximum absolute atomic E-state index is 13.6. The Balaban J connectivity index is 0.00000242. The molecule has 1 unspecified atom stereocenters. The molecule has 2 rings (SSSR count). The van der Waals surface area contributed by atoms with E-state index in [9.17, 15) is 9.18 Å². The number of nitrogens with zero attached hydrogens (tertiary/aromatic N) is 1. The summed E-state index contributed by atoms with van der Waals surface area (Å²) < 4.78 is 13.6. The topological polar surface area (TPSA) is 44.4 Å². The standard InChI is InChI=1S/C16H24FN3O.2ClH/c1-20(15-8-3-2-7-14(15)17)11-5-10-19-16(21)12-13-6-4-9-18-13;;/h2-3,7-8,13,18H,4-6,9-12H2,1H3,(H,19,21);2*1H. The first-order chi connectivity index (χ1) is 10.2. The molecule has 1 aliphatic heterocycles. The number of carbonyl (C=O) groups is 1. The molecular formula is C16H26Cl2FN3O. The Labute approximate surface area is 150 Å². The summed E-state index contributed by atoms with van der Waals surface area (Å²) in [4.78, 5) is 13.6. The van der Waals surface area contributed by atoms with E-state index in [1.54, 1.807) is 12.1 Å². The Kier molecular flexibility index (Phi) is 11.0. The van der Waals surface area contributed by atoms with Crippen LogP contribution in [0, 0.1) is 5.82 Å². The highest BCUT2D eigenvalue weighted by atomic mass is 35.5. The number of carbonyl (C=O) groups excluding carboxylic acids is 1. The van der Waals surface area contributed by atoms with Crippen molar-refractivity contribution in [2.75, 3.05) is 31.6 Å². The van der Waals surface area contributed by atoms with Crippen molar-refractivity contribution in [1.29, 1.82) is 0 Å². The van der Waals surface area contributed by atoms with Gasteiger partial charge in [-0.25, -0.2) is 4.39 Å². The molecule has 1 amide bonds.